The number of hydrogen-bond donors (Lipinski definition) is 0. The van der Waals surface area contributed by atoms with Crippen molar-refractivity contribution in [3.8, 4) is 11.5 Å². The molecule has 0 spiro atoms. The SMILES string of the molecule is COc1ccc(CN2CCN(C(=O)c3cc(C)n(C4CC4)c3C)CC2)cc1OC. The summed E-state index contributed by atoms with van der Waals surface area (Å²) in [5.41, 5.74) is 4.40. The van der Waals surface area contributed by atoms with Gasteiger partial charge in [0.05, 0.1) is 19.8 Å². The minimum Gasteiger partial charge on any atom is -0.493 e. The Morgan fingerprint density at radius 2 is 1.69 bits per heavy atom. The molecule has 4 rings (SSSR count). The van der Waals surface area contributed by atoms with Gasteiger partial charge in [-0.1, -0.05) is 6.07 Å². The molecule has 0 atom stereocenters. The first-order valence-electron chi connectivity index (χ1n) is 10.4. The second kappa shape index (κ2) is 8.11. The van der Waals surface area contributed by atoms with E-state index < -0.39 is 0 Å². The van der Waals surface area contributed by atoms with Crippen molar-refractivity contribution in [2.24, 2.45) is 0 Å². The van der Waals surface area contributed by atoms with Crippen molar-refractivity contribution in [2.45, 2.75) is 39.3 Å². The predicted molar refractivity (Wildman–Crippen MR) is 113 cm³/mol. The highest BCUT2D eigenvalue weighted by Gasteiger charge is 2.30. The van der Waals surface area contributed by atoms with Crippen LogP contribution < -0.4 is 9.47 Å². The maximum Gasteiger partial charge on any atom is 0.255 e. The Morgan fingerprint density at radius 1 is 1.00 bits per heavy atom. The van der Waals surface area contributed by atoms with Crippen LogP contribution in [0.4, 0.5) is 0 Å². The maximum absolute atomic E-state index is 13.1. The summed E-state index contributed by atoms with van der Waals surface area (Å²) in [6.07, 6.45) is 2.47. The Bertz CT molecular complexity index is 893. The van der Waals surface area contributed by atoms with Gasteiger partial charge in [-0.3, -0.25) is 9.69 Å². The van der Waals surface area contributed by atoms with Gasteiger partial charge in [-0.05, 0) is 50.5 Å². The molecular weight excluding hydrogens is 366 g/mol. The fourth-order valence-corrected chi connectivity index (χ4v) is 4.40. The van der Waals surface area contributed by atoms with Gasteiger partial charge in [-0.2, -0.15) is 0 Å². The molecule has 29 heavy (non-hydrogen) atoms. The molecule has 1 aromatic heterocycles. The molecule has 0 bridgehead atoms. The van der Waals surface area contributed by atoms with Crippen molar-refractivity contribution in [1.82, 2.24) is 14.4 Å². The molecule has 0 unspecified atom stereocenters. The summed E-state index contributed by atoms with van der Waals surface area (Å²) in [4.78, 5) is 17.5. The molecule has 1 aromatic carbocycles. The number of ether oxygens (including phenoxy) is 2. The lowest BCUT2D eigenvalue weighted by Crippen LogP contribution is -2.48. The minimum absolute atomic E-state index is 0.177. The number of rotatable bonds is 6. The van der Waals surface area contributed by atoms with Crippen LogP contribution in [0.25, 0.3) is 0 Å². The summed E-state index contributed by atoms with van der Waals surface area (Å²) in [6, 6.07) is 8.74. The van der Waals surface area contributed by atoms with E-state index in [1.165, 1.54) is 24.1 Å². The first kappa shape index (κ1) is 19.8. The molecular formula is C23H31N3O3. The van der Waals surface area contributed by atoms with Crippen LogP contribution in [0.3, 0.4) is 0 Å². The maximum atomic E-state index is 13.1. The van der Waals surface area contributed by atoms with Crippen LogP contribution in [-0.2, 0) is 6.54 Å². The quantitative estimate of drug-likeness (QED) is 0.749. The van der Waals surface area contributed by atoms with Gasteiger partial charge < -0.3 is 18.9 Å². The van der Waals surface area contributed by atoms with Crippen LogP contribution in [-0.4, -0.2) is 60.7 Å². The zero-order chi connectivity index (χ0) is 20.5. The number of carbonyl (C=O) groups excluding carboxylic acids is 1. The van der Waals surface area contributed by atoms with Gasteiger partial charge in [0.25, 0.3) is 5.91 Å². The number of amides is 1. The van der Waals surface area contributed by atoms with Gasteiger partial charge in [-0.25, -0.2) is 0 Å². The Balaban J connectivity index is 1.37. The number of aromatic nitrogens is 1. The Hall–Kier alpha value is -2.47. The molecule has 2 heterocycles. The summed E-state index contributed by atoms with van der Waals surface area (Å²) in [7, 11) is 3.31. The van der Waals surface area contributed by atoms with Gasteiger partial charge in [0.2, 0.25) is 0 Å². The van der Waals surface area contributed by atoms with Crippen LogP contribution in [0.1, 0.15) is 46.2 Å². The van der Waals surface area contributed by atoms with Gasteiger partial charge in [-0.15, -0.1) is 0 Å². The van der Waals surface area contributed by atoms with Crippen LogP contribution >= 0.6 is 0 Å². The average Bonchev–Trinajstić information content (AvgIpc) is 3.52. The van der Waals surface area contributed by atoms with Crippen LogP contribution in [0.15, 0.2) is 24.3 Å². The zero-order valence-corrected chi connectivity index (χ0v) is 17.9. The third-order valence-electron chi connectivity index (χ3n) is 6.14. The number of hydrogen-bond acceptors (Lipinski definition) is 4. The third kappa shape index (κ3) is 3.99. The van der Waals surface area contributed by atoms with E-state index in [1.807, 2.05) is 17.0 Å². The summed E-state index contributed by atoms with van der Waals surface area (Å²) in [5.74, 6) is 1.68. The summed E-state index contributed by atoms with van der Waals surface area (Å²) >= 11 is 0. The second-order valence-corrected chi connectivity index (χ2v) is 8.14. The number of methoxy groups -OCH3 is 2. The first-order valence-corrected chi connectivity index (χ1v) is 10.4. The molecule has 1 aliphatic heterocycles. The Labute approximate surface area is 173 Å². The highest BCUT2D eigenvalue weighted by Crippen LogP contribution is 2.38. The molecule has 2 aromatic rings. The minimum atomic E-state index is 0.177. The molecule has 2 fully saturated rings. The van der Waals surface area contributed by atoms with Crippen molar-refractivity contribution in [1.29, 1.82) is 0 Å². The van der Waals surface area contributed by atoms with E-state index in [9.17, 15) is 4.79 Å². The van der Waals surface area contributed by atoms with E-state index in [4.69, 9.17) is 9.47 Å². The van der Waals surface area contributed by atoms with Gasteiger partial charge in [0.15, 0.2) is 11.5 Å². The van der Waals surface area contributed by atoms with Gasteiger partial charge in [0, 0.05) is 50.2 Å². The summed E-state index contributed by atoms with van der Waals surface area (Å²) in [5, 5.41) is 0. The highest BCUT2D eigenvalue weighted by molar-refractivity contribution is 5.95. The van der Waals surface area contributed by atoms with Crippen molar-refractivity contribution < 1.29 is 14.3 Å². The number of piperazine rings is 1. The van der Waals surface area contributed by atoms with Crippen molar-refractivity contribution in [3.05, 3.63) is 46.8 Å². The van der Waals surface area contributed by atoms with Crippen LogP contribution in [0.5, 0.6) is 11.5 Å². The topological polar surface area (TPSA) is 46.9 Å². The standard InChI is InChI=1S/C23H31N3O3/c1-16-13-20(17(2)26(16)19-6-7-19)23(27)25-11-9-24(10-12-25)15-18-5-8-21(28-3)22(14-18)29-4/h5,8,13-14,19H,6-7,9-12,15H2,1-4H3. The fourth-order valence-electron chi connectivity index (χ4n) is 4.40. The third-order valence-corrected chi connectivity index (χ3v) is 6.14. The zero-order valence-electron chi connectivity index (χ0n) is 17.9. The van der Waals surface area contributed by atoms with E-state index in [0.717, 1.165) is 55.5 Å². The molecule has 1 saturated carbocycles. The lowest BCUT2D eigenvalue weighted by atomic mass is 10.1. The van der Waals surface area contributed by atoms with E-state index >= 15 is 0 Å². The van der Waals surface area contributed by atoms with Crippen LogP contribution in [0, 0.1) is 13.8 Å². The Kier molecular flexibility index (Phi) is 5.54. The van der Waals surface area contributed by atoms with Crippen molar-refractivity contribution in [2.75, 3.05) is 40.4 Å². The van der Waals surface area contributed by atoms with E-state index in [-0.39, 0.29) is 5.91 Å². The molecule has 1 amide bonds. The number of carbonyl (C=O) groups is 1. The first-order chi connectivity index (χ1) is 14.0. The molecule has 2 aliphatic rings. The van der Waals surface area contributed by atoms with Crippen molar-refractivity contribution >= 4 is 5.91 Å². The molecule has 6 heteroatoms. The van der Waals surface area contributed by atoms with E-state index in [2.05, 4.69) is 35.4 Å². The second-order valence-electron chi connectivity index (χ2n) is 8.14. The summed E-state index contributed by atoms with van der Waals surface area (Å²) < 4.78 is 13.1. The summed E-state index contributed by atoms with van der Waals surface area (Å²) in [6.45, 7) is 8.33. The normalized spacial score (nSPS) is 17.4. The monoisotopic (exact) mass is 397 g/mol. The molecule has 1 saturated heterocycles. The number of aryl methyl sites for hydroxylation is 1. The number of nitrogens with zero attached hydrogens (tertiary/aromatic N) is 3. The largest absolute Gasteiger partial charge is 0.493 e. The molecule has 156 valence electrons. The Morgan fingerprint density at radius 3 is 2.31 bits per heavy atom. The van der Waals surface area contributed by atoms with Crippen molar-refractivity contribution in [3.63, 3.8) is 0 Å². The fraction of sp³-hybridized carbons (Fsp3) is 0.522. The van der Waals surface area contributed by atoms with Crippen LogP contribution in [0.2, 0.25) is 0 Å². The lowest BCUT2D eigenvalue weighted by Gasteiger charge is -2.35. The lowest BCUT2D eigenvalue weighted by molar-refractivity contribution is 0.0627. The van der Waals surface area contributed by atoms with E-state index in [1.54, 1.807) is 14.2 Å². The van der Waals surface area contributed by atoms with E-state index in [0.29, 0.717) is 6.04 Å². The predicted octanol–water partition coefficient (Wildman–Crippen LogP) is 3.42. The van der Waals surface area contributed by atoms with Gasteiger partial charge in [0.1, 0.15) is 0 Å². The molecule has 1 aliphatic carbocycles. The average molecular weight is 398 g/mol. The number of benzene rings is 1. The molecule has 6 nitrogen and oxygen atoms in total. The molecule has 0 radical (unpaired) electrons. The molecule has 0 N–H and O–H groups in total. The van der Waals surface area contributed by atoms with Gasteiger partial charge >= 0.3 is 0 Å². The smallest absolute Gasteiger partial charge is 0.255 e. The highest BCUT2D eigenvalue weighted by atomic mass is 16.5.